The SMILES string of the molecule is CCCN1CCc2[nH]c(=O)c(C(=O)OC)cc2C1. The van der Waals surface area contributed by atoms with E-state index in [1.807, 2.05) is 0 Å². The Morgan fingerprint density at radius 1 is 1.56 bits per heavy atom. The number of methoxy groups -OCH3 is 1. The van der Waals surface area contributed by atoms with Crippen LogP contribution in [0.15, 0.2) is 10.9 Å². The summed E-state index contributed by atoms with van der Waals surface area (Å²) in [5, 5.41) is 0. The highest BCUT2D eigenvalue weighted by Gasteiger charge is 2.20. The highest BCUT2D eigenvalue weighted by molar-refractivity contribution is 5.89. The molecule has 18 heavy (non-hydrogen) atoms. The van der Waals surface area contributed by atoms with Crippen LogP contribution in [0.25, 0.3) is 0 Å². The number of rotatable bonds is 3. The molecule has 0 radical (unpaired) electrons. The van der Waals surface area contributed by atoms with Crippen molar-refractivity contribution in [3.05, 3.63) is 33.2 Å². The summed E-state index contributed by atoms with van der Waals surface area (Å²) in [7, 11) is 1.28. The lowest BCUT2D eigenvalue weighted by molar-refractivity contribution is 0.0598. The number of carbonyl (C=O) groups is 1. The van der Waals surface area contributed by atoms with Gasteiger partial charge in [-0.1, -0.05) is 6.92 Å². The van der Waals surface area contributed by atoms with Crippen LogP contribution >= 0.6 is 0 Å². The molecule has 0 atom stereocenters. The maximum atomic E-state index is 11.7. The Balaban J connectivity index is 2.32. The zero-order valence-corrected chi connectivity index (χ0v) is 10.8. The second kappa shape index (κ2) is 5.35. The number of carbonyl (C=O) groups excluding carboxylic acids is 1. The number of esters is 1. The number of fused-ring (bicyclic) bond motifs is 1. The monoisotopic (exact) mass is 250 g/mol. The maximum Gasteiger partial charge on any atom is 0.343 e. The quantitative estimate of drug-likeness (QED) is 0.811. The Bertz CT molecular complexity index is 507. The molecule has 2 heterocycles. The smallest absolute Gasteiger partial charge is 0.343 e. The van der Waals surface area contributed by atoms with E-state index in [9.17, 15) is 9.59 Å². The van der Waals surface area contributed by atoms with Crippen LogP contribution < -0.4 is 5.56 Å². The van der Waals surface area contributed by atoms with Gasteiger partial charge in [0, 0.05) is 25.2 Å². The summed E-state index contributed by atoms with van der Waals surface area (Å²) < 4.78 is 4.61. The molecule has 5 heteroatoms. The third-order valence-electron chi connectivity index (χ3n) is 3.23. The van der Waals surface area contributed by atoms with Gasteiger partial charge in [0.05, 0.1) is 7.11 Å². The van der Waals surface area contributed by atoms with Crippen LogP contribution in [0.2, 0.25) is 0 Å². The molecule has 0 saturated carbocycles. The van der Waals surface area contributed by atoms with E-state index in [0.29, 0.717) is 0 Å². The standard InChI is InChI=1S/C13H18N2O3/c1-3-5-15-6-4-11-9(8-15)7-10(12(16)14-11)13(17)18-2/h7H,3-6,8H2,1-2H3,(H,14,16). The first-order chi connectivity index (χ1) is 8.65. The average molecular weight is 250 g/mol. The molecule has 0 amide bonds. The molecule has 0 saturated heterocycles. The third kappa shape index (κ3) is 2.46. The van der Waals surface area contributed by atoms with Crippen LogP contribution in [-0.2, 0) is 17.7 Å². The van der Waals surface area contributed by atoms with Gasteiger partial charge in [-0.15, -0.1) is 0 Å². The lowest BCUT2D eigenvalue weighted by Gasteiger charge is -2.28. The van der Waals surface area contributed by atoms with Crippen molar-refractivity contribution in [3.8, 4) is 0 Å². The summed E-state index contributed by atoms with van der Waals surface area (Å²) >= 11 is 0. The molecule has 0 fully saturated rings. The zero-order chi connectivity index (χ0) is 13.1. The summed E-state index contributed by atoms with van der Waals surface area (Å²) in [6.45, 7) is 4.91. The van der Waals surface area contributed by atoms with Crippen molar-refractivity contribution in [3.63, 3.8) is 0 Å². The van der Waals surface area contributed by atoms with E-state index in [2.05, 4.69) is 21.5 Å². The molecule has 1 aliphatic heterocycles. The molecule has 1 aromatic heterocycles. The summed E-state index contributed by atoms with van der Waals surface area (Å²) in [5.41, 5.74) is 1.70. The number of nitrogens with zero attached hydrogens (tertiary/aromatic N) is 1. The number of H-pyrrole nitrogens is 1. The molecular formula is C13H18N2O3. The summed E-state index contributed by atoms with van der Waals surface area (Å²) in [6, 6.07) is 1.67. The predicted molar refractivity (Wildman–Crippen MR) is 67.7 cm³/mol. The van der Waals surface area contributed by atoms with Crippen LogP contribution in [0, 0.1) is 0 Å². The lowest BCUT2D eigenvalue weighted by Crippen LogP contribution is -2.34. The van der Waals surface area contributed by atoms with Crippen LogP contribution in [0.1, 0.15) is 35.0 Å². The number of nitrogens with one attached hydrogen (secondary N) is 1. The van der Waals surface area contributed by atoms with Crippen molar-refractivity contribution in [2.24, 2.45) is 0 Å². The number of ether oxygens (including phenoxy) is 1. The van der Waals surface area contributed by atoms with Crippen LogP contribution in [0.3, 0.4) is 0 Å². The first kappa shape index (κ1) is 12.8. The lowest BCUT2D eigenvalue weighted by atomic mass is 10.0. The van der Waals surface area contributed by atoms with Crippen molar-refractivity contribution < 1.29 is 9.53 Å². The molecule has 2 rings (SSSR count). The molecular weight excluding hydrogens is 232 g/mol. The molecule has 0 aromatic carbocycles. The zero-order valence-electron chi connectivity index (χ0n) is 10.8. The summed E-state index contributed by atoms with van der Waals surface area (Å²) in [5.74, 6) is -0.577. The largest absolute Gasteiger partial charge is 0.465 e. The Morgan fingerprint density at radius 2 is 2.33 bits per heavy atom. The van der Waals surface area contributed by atoms with E-state index in [-0.39, 0.29) is 11.1 Å². The number of hydrogen-bond donors (Lipinski definition) is 1. The van der Waals surface area contributed by atoms with E-state index in [1.165, 1.54) is 7.11 Å². The van der Waals surface area contributed by atoms with E-state index in [4.69, 9.17) is 0 Å². The number of pyridine rings is 1. The van der Waals surface area contributed by atoms with Crippen molar-refractivity contribution in [1.82, 2.24) is 9.88 Å². The van der Waals surface area contributed by atoms with E-state index in [0.717, 1.165) is 43.7 Å². The molecule has 0 unspecified atom stereocenters. The molecule has 0 aliphatic carbocycles. The highest BCUT2D eigenvalue weighted by atomic mass is 16.5. The third-order valence-corrected chi connectivity index (χ3v) is 3.23. The van der Waals surface area contributed by atoms with Gasteiger partial charge in [0.15, 0.2) is 0 Å². The number of aromatic nitrogens is 1. The molecule has 98 valence electrons. The fraction of sp³-hybridized carbons (Fsp3) is 0.538. The minimum absolute atomic E-state index is 0.0922. The van der Waals surface area contributed by atoms with E-state index >= 15 is 0 Å². The van der Waals surface area contributed by atoms with Gasteiger partial charge in [-0.3, -0.25) is 9.69 Å². The van der Waals surface area contributed by atoms with Gasteiger partial charge in [-0.2, -0.15) is 0 Å². The average Bonchev–Trinajstić information content (AvgIpc) is 2.38. The predicted octanol–water partition coefficient (Wildman–Crippen LogP) is 0.930. The van der Waals surface area contributed by atoms with Gasteiger partial charge in [-0.25, -0.2) is 4.79 Å². The minimum atomic E-state index is -0.577. The van der Waals surface area contributed by atoms with Crippen LogP contribution in [0.4, 0.5) is 0 Å². The number of aromatic amines is 1. The van der Waals surface area contributed by atoms with Gasteiger partial charge < -0.3 is 9.72 Å². The van der Waals surface area contributed by atoms with Gasteiger partial charge in [0.25, 0.3) is 5.56 Å². The summed E-state index contributed by atoms with van der Waals surface area (Å²) in [6.07, 6.45) is 1.93. The summed E-state index contributed by atoms with van der Waals surface area (Å²) in [4.78, 5) is 28.3. The fourth-order valence-electron chi connectivity index (χ4n) is 2.33. The van der Waals surface area contributed by atoms with Crippen molar-refractivity contribution in [2.75, 3.05) is 20.2 Å². The maximum absolute atomic E-state index is 11.7. The number of hydrogen-bond acceptors (Lipinski definition) is 4. The van der Waals surface area contributed by atoms with Crippen molar-refractivity contribution >= 4 is 5.97 Å². The minimum Gasteiger partial charge on any atom is -0.465 e. The Morgan fingerprint density at radius 3 is 3.00 bits per heavy atom. The topological polar surface area (TPSA) is 62.4 Å². The molecule has 1 aliphatic rings. The Hall–Kier alpha value is -1.62. The van der Waals surface area contributed by atoms with E-state index < -0.39 is 5.97 Å². The second-order valence-corrected chi connectivity index (χ2v) is 4.53. The highest BCUT2D eigenvalue weighted by Crippen LogP contribution is 2.17. The van der Waals surface area contributed by atoms with E-state index in [1.54, 1.807) is 6.07 Å². The molecule has 0 bridgehead atoms. The molecule has 1 aromatic rings. The van der Waals surface area contributed by atoms with Crippen LogP contribution in [-0.4, -0.2) is 36.1 Å². The Labute approximate surface area is 106 Å². The van der Waals surface area contributed by atoms with Crippen LogP contribution in [0.5, 0.6) is 0 Å². The Kier molecular flexibility index (Phi) is 3.81. The first-order valence-electron chi connectivity index (χ1n) is 6.21. The second-order valence-electron chi connectivity index (χ2n) is 4.53. The van der Waals surface area contributed by atoms with Gasteiger partial charge in [0.2, 0.25) is 0 Å². The van der Waals surface area contributed by atoms with Gasteiger partial charge in [0.1, 0.15) is 5.56 Å². The van der Waals surface area contributed by atoms with Gasteiger partial charge >= 0.3 is 5.97 Å². The van der Waals surface area contributed by atoms with Gasteiger partial charge in [-0.05, 0) is 24.6 Å². The normalized spacial score (nSPS) is 15.2. The first-order valence-corrected chi connectivity index (χ1v) is 6.21. The van der Waals surface area contributed by atoms with Crippen molar-refractivity contribution in [1.29, 1.82) is 0 Å². The molecule has 0 spiro atoms. The van der Waals surface area contributed by atoms with Crippen molar-refractivity contribution in [2.45, 2.75) is 26.3 Å². The molecule has 1 N–H and O–H groups in total. The fourth-order valence-corrected chi connectivity index (χ4v) is 2.33. The molecule has 5 nitrogen and oxygen atoms in total.